The van der Waals surface area contributed by atoms with E-state index >= 15 is 0 Å². The molecule has 0 aliphatic rings. The molecule has 3 aromatic rings. The molecular weight excluding hydrogens is 543 g/mol. The van der Waals surface area contributed by atoms with Crippen LogP contribution in [-0.2, 0) is 14.3 Å². The maximum atomic E-state index is 12.8. The Morgan fingerprint density at radius 3 is 2.27 bits per heavy atom. The summed E-state index contributed by atoms with van der Waals surface area (Å²) in [5.74, 6) is -1.47. The minimum Gasteiger partial charge on any atom is -0.490 e. The number of aromatic nitrogens is 2. The summed E-state index contributed by atoms with van der Waals surface area (Å²) >= 11 is 2.00. The Bertz CT molecular complexity index is 1210. The summed E-state index contributed by atoms with van der Waals surface area (Å²) in [6, 6.07) is 12.1. The molecule has 0 aliphatic carbocycles. The largest absolute Gasteiger partial charge is 0.490 e. The monoisotopic (exact) mass is 564 g/mol. The van der Waals surface area contributed by atoms with Crippen LogP contribution in [0.3, 0.4) is 0 Å². The predicted molar refractivity (Wildman–Crippen MR) is 127 cm³/mol. The summed E-state index contributed by atoms with van der Waals surface area (Å²) in [6.45, 7) is 3.39. The van der Waals surface area contributed by atoms with Gasteiger partial charge in [0, 0.05) is 12.5 Å². The highest BCUT2D eigenvalue weighted by Gasteiger charge is 2.32. The van der Waals surface area contributed by atoms with Crippen LogP contribution in [-0.4, -0.2) is 48.5 Å². The van der Waals surface area contributed by atoms with E-state index in [0.717, 1.165) is 0 Å². The van der Waals surface area contributed by atoms with Crippen LogP contribution in [0.25, 0.3) is 16.9 Å². The zero-order chi connectivity index (χ0) is 24.1. The number of ether oxygens (including phenoxy) is 4. The van der Waals surface area contributed by atoms with Gasteiger partial charge in [-0.3, -0.25) is 4.79 Å². The molecule has 0 saturated carbocycles. The minimum atomic E-state index is -0.760. The molecule has 0 spiro atoms. The number of esters is 3. The molecule has 1 aromatic heterocycles. The quantitative estimate of drug-likeness (QED) is 0.241. The Morgan fingerprint density at radius 1 is 1.03 bits per heavy atom. The summed E-state index contributed by atoms with van der Waals surface area (Å²) in [7, 11) is 2.43. The first kappa shape index (κ1) is 24.2. The van der Waals surface area contributed by atoms with Crippen LogP contribution in [0.5, 0.6) is 11.5 Å². The molecule has 0 amide bonds. The lowest BCUT2D eigenvalue weighted by molar-refractivity contribution is -0.132. The zero-order valence-corrected chi connectivity index (χ0v) is 20.5. The van der Waals surface area contributed by atoms with Crippen LogP contribution in [0.15, 0.2) is 42.5 Å². The molecule has 0 saturated heterocycles. The highest BCUT2D eigenvalue weighted by atomic mass is 127. The van der Waals surface area contributed by atoms with Crippen molar-refractivity contribution in [3.05, 3.63) is 57.3 Å². The topological polar surface area (TPSA) is 106 Å². The fourth-order valence-electron chi connectivity index (χ4n) is 3.17. The van der Waals surface area contributed by atoms with Crippen molar-refractivity contribution in [1.29, 1.82) is 0 Å². The molecule has 1 heterocycles. The van der Waals surface area contributed by atoms with E-state index in [9.17, 15) is 14.4 Å². The first-order chi connectivity index (χ1) is 15.8. The van der Waals surface area contributed by atoms with Gasteiger partial charge < -0.3 is 18.9 Å². The first-order valence-corrected chi connectivity index (χ1v) is 10.9. The van der Waals surface area contributed by atoms with E-state index in [2.05, 4.69) is 5.10 Å². The number of hydrogen-bond donors (Lipinski definition) is 0. The van der Waals surface area contributed by atoms with E-state index < -0.39 is 17.9 Å². The van der Waals surface area contributed by atoms with Crippen LogP contribution in [0.2, 0.25) is 0 Å². The van der Waals surface area contributed by atoms with Gasteiger partial charge in [-0.05, 0) is 53.8 Å². The summed E-state index contributed by atoms with van der Waals surface area (Å²) in [6.07, 6.45) is 0. The van der Waals surface area contributed by atoms with Crippen LogP contribution in [0.4, 0.5) is 0 Å². The molecular formula is C23H21IN2O7. The second-order valence-electron chi connectivity index (χ2n) is 6.61. The van der Waals surface area contributed by atoms with E-state index in [1.807, 2.05) is 28.7 Å². The summed E-state index contributed by atoms with van der Waals surface area (Å²) in [5.41, 5.74) is 1.04. The van der Waals surface area contributed by atoms with Gasteiger partial charge in [-0.15, -0.1) is 0 Å². The van der Waals surface area contributed by atoms with Crippen molar-refractivity contribution < 1.29 is 33.3 Å². The van der Waals surface area contributed by atoms with Gasteiger partial charge in [0.1, 0.15) is 11.3 Å². The third kappa shape index (κ3) is 5.00. The van der Waals surface area contributed by atoms with Crippen molar-refractivity contribution in [3.8, 4) is 28.4 Å². The lowest BCUT2D eigenvalue weighted by Crippen LogP contribution is -2.15. The van der Waals surface area contributed by atoms with E-state index in [0.29, 0.717) is 27.2 Å². The first-order valence-electron chi connectivity index (χ1n) is 9.82. The van der Waals surface area contributed by atoms with Crippen LogP contribution in [0.1, 0.15) is 34.7 Å². The second kappa shape index (κ2) is 10.5. The molecule has 0 atom stereocenters. The van der Waals surface area contributed by atoms with Gasteiger partial charge in [0.2, 0.25) is 0 Å². The number of halogens is 1. The molecule has 3 rings (SSSR count). The molecule has 2 aromatic carbocycles. The third-order valence-electron chi connectivity index (χ3n) is 4.48. The van der Waals surface area contributed by atoms with E-state index in [1.165, 1.54) is 25.8 Å². The molecule has 0 bridgehead atoms. The highest BCUT2D eigenvalue weighted by Crippen LogP contribution is 2.39. The number of rotatable bonds is 7. The van der Waals surface area contributed by atoms with E-state index in [-0.39, 0.29) is 22.7 Å². The SMILES string of the molecule is CCOc1cc(-c2nn(-c3ccccc3)c(C(=O)OC)c2C(=O)OC)cc(I)c1OC(C)=O. The average Bonchev–Trinajstić information content (AvgIpc) is 3.21. The van der Waals surface area contributed by atoms with Crippen LogP contribution >= 0.6 is 22.6 Å². The minimum absolute atomic E-state index is 0.0633. The number of nitrogens with zero attached hydrogens (tertiary/aromatic N) is 2. The molecule has 9 nitrogen and oxygen atoms in total. The maximum Gasteiger partial charge on any atom is 0.357 e. The number of hydrogen-bond acceptors (Lipinski definition) is 8. The van der Waals surface area contributed by atoms with Crippen LogP contribution in [0, 0.1) is 3.57 Å². The lowest BCUT2D eigenvalue weighted by Gasteiger charge is -2.13. The number of carbonyl (C=O) groups excluding carboxylic acids is 3. The van der Waals surface area contributed by atoms with Crippen LogP contribution < -0.4 is 9.47 Å². The number of para-hydroxylation sites is 1. The number of carbonyl (C=O) groups is 3. The molecule has 0 N–H and O–H groups in total. The second-order valence-corrected chi connectivity index (χ2v) is 7.78. The van der Waals surface area contributed by atoms with E-state index in [1.54, 1.807) is 43.3 Å². The Morgan fingerprint density at radius 2 is 1.70 bits per heavy atom. The van der Waals surface area contributed by atoms with Gasteiger partial charge in [-0.25, -0.2) is 14.3 Å². The van der Waals surface area contributed by atoms with E-state index in [4.69, 9.17) is 18.9 Å². The smallest absolute Gasteiger partial charge is 0.357 e. The molecule has 10 heteroatoms. The van der Waals surface area contributed by atoms with Crippen molar-refractivity contribution >= 4 is 40.5 Å². The summed E-state index contributed by atoms with van der Waals surface area (Å²) in [4.78, 5) is 37.1. The molecule has 0 fully saturated rings. The van der Waals surface area contributed by atoms with Gasteiger partial charge in [0.15, 0.2) is 17.2 Å². The van der Waals surface area contributed by atoms with Crippen molar-refractivity contribution in [3.63, 3.8) is 0 Å². The predicted octanol–water partition coefficient (Wildman–Crippen LogP) is 4.04. The molecule has 0 aliphatic heterocycles. The third-order valence-corrected chi connectivity index (χ3v) is 5.28. The van der Waals surface area contributed by atoms with Gasteiger partial charge in [-0.1, -0.05) is 18.2 Å². The summed E-state index contributed by atoms with van der Waals surface area (Å²) in [5, 5.41) is 4.57. The Hall–Kier alpha value is -3.41. The molecule has 0 radical (unpaired) electrons. The Kier molecular flexibility index (Phi) is 7.69. The number of benzene rings is 2. The Balaban J connectivity index is 2.35. The molecule has 33 heavy (non-hydrogen) atoms. The normalized spacial score (nSPS) is 10.5. The average molecular weight is 564 g/mol. The molecule has 0 unspecified atom stereocenters. The van der Waals surface area contributed by atoms with Crippen molar-refractivity contribution in [2.75, 3.05) is 20.8 Å². The van der Waals surface area contributed by atoms with Gasteiger partial charge >= 0.3 is 17.9 Å². The highest BCUT2D eigenvalue weighted by molar-refractivity contribution is 14.1. The van der Waals surface area contributed by atoms with Gasteiger partial charge in [-0.2, -0.15) is 5.10 Å². The van der Waals surface area contributed by atoms with Gasteiger partial charge in [0.05, 0.1) is 30.1 Å². The number of methoxy groups -OCH3 is 2. The fraction of sp³-hybridized carbons (Fsp3) is 0.217. The summed E-state index contributed by atoms with van der Waals surface area (Å²) < 4.78 is 22.8. The lowest BCUT2D eigenvalue weighted by atomic mass is 10.0. The molecule has 172 valence electrons. The van der Waals surface area contributed by atoms with Crippen molar-refractivity contribution in [2.45, 2.75) is 13.8 Å². The van der Waals surface area contributed by atoms with Gasteiger partial charge in [0.25, 0.3) is 0 Å². The zero-order valence-electron chi connectivity index (χ0n) is 18.4. The van der Waals surface area contributed by atoms with Crippen molar-refractivity contribution in [1.82, 2.24) is 9.78 Å². The standard InChI is InChI=1S/C23H21IN2O7/c1-5-32-17-12-14(11-16(24)21(17)33-13(2)27)19-18(22(28)30-3)20(23(29)31-4)26(25-19)15-9-7-6-8-10-15/h6-12H,5H2,1-4H3. The van der Waals surface area contributed by atoms with Crippen molar-refractivity contribution in [2.24, 2.45) is 0 Å². The Labute approximate surface area is 203 Å². The fourth-order valence-corrected chi connectivity index (χ4v) is 3.88. The maximum absolute atomic E-state index is 12.8.